The second kappa shape index (κ2) is 5.52. The van der Waals surface area contributed by atoms with Gasteiger partial charge in [0.2, 0.25) is 0 Å². The van der Waals surface area contributed by atoms with Crippen molar-refractivity contribution in [3.63, 3.8) is 0 Å². The zero-order chi connectivity index (χ0) is 14.0. The Balaban J connectivity index is 2.10. The summed E-state index contributed by atoms with van der Waals surface area (Å²) >= 11 is 0. The van der Waals surface area contributed by atoms with Crippen molar-refractivity contribution in [1.29, 1.82) is 0 Å². The zero-order valence-corrected chi connectivity index (χ0v) is 11.1. The number of nitrogens with one attached hydrogen (secondary N) is 1. The molecule has 0 amide bonds. The van der Waals surface area contributed by atoms with Crippen LogP contribution < -0.4 is 5.32 Å². The van der Waals surface area contributed by atoms with Crippen molar-refractivity contribution in [2.75, 3.05) is 18.9 Å². The standard InChI is InChI=1S/C13H18FN3O2/c1-9-7-10(5-6-16(9)2)15-13-8-11(17(18)19)3-4-12(13)14/h3-4,8-10,15H,5-7H2,1-2H3. The number of nitrogens with zero attached hydrogens (tertiary/aromatic N) is 2. The lowest BCUT2D eigenvalue weighted by Gasteiger charge is -2.35. The predicted molar refractivity (Wildman–Crippen MR) is 71.8 cm³/mol. The number of piperidine rings is 1. The first-order valence-electron chi connectivity index (χ1n) is 6.38. The SMILES string of the molecule is CC1CC(Nc2cc([N+](=O)[O-])ccc2F)CCN1C. The third-order valence-corrected chi connectivity index (χ3v) is 3.73. The maximum atomic E-state index is 13.7. The van der Waals surface area contributed by atoms with E-state index in [9.17, 15) is 14.5 Å². The molecule has 2 atom stereocenters. The third-order valence-electron chi connectivity index (χ3n) is 3.73. The molecule has 0 spiro atoms. The van der Waals surface area contributed by atoms with E-state index in [0.29, 0.717) is 6.04 Å². The van der Waals surface area contributed by atoms with Crippen LogP contribution in [0.15, 0.2) is 18.2 Å². The summed E-state index contributed by atoms with van der Waals surface area (Å²) in [5.74, 6) is -0.447. The molecule has 1 aliphatic rings. The van der Waals surface area contributed by atoms with Crippen molar-refractivity contribution < 1.29 is 9.31 Å². The van der Waals surface area contributed by atoms with Gasteiger partial charge in [0.15, 0.2) is 0 Å². The third kappa shape index (κ3) is 3.20. The summed E-state index contributed by atoms with van der Waals surface area (Å²) in [5, 5.41) is 13.8. The summed E-state index contributed by atoms with van der Waals surface area (Å²) in [6.45, 7) is 3.06. The van der Waals surface area contributed by atoms with Crippen molar-refractivity contribution in [1.82, 2.24) is 4.90 Å². The van der Waals surface area contributed by atoms with Crippen LogP contribution in [0.4, 0.5) is 15.8 Å². The first-order valence-corrected chi connectivity index (χ1v) is 6.38. The Kier molecular flexibility index (Phi) is 3.99. The average Bonchev–Trinajstić information content (AvgIpc) is 2.36. The highest BCUT2D eigenvalue weighted by Crippen LogP contribution is 2.25. The van der Waals surface area contributed by atoms with Crippen LogP contribution in [0.3, 0.4) is 0 Å². The summed E-state index contributed by atoms with van der Waals surface area (Å²) in [6.07, 6.45) is 1.81. The van der Waals surface area contributed by atoms with E-state index in [4.69, 9.17) is 0 Å². The Bertz CT molecular complexity index is 481. The number of benzene rings is 1. The molecule has 1 N–H and O–H groups in total. The van der Waals surface area contributed by atoms with Crippen LogP contribution in [0, 0.1) is 15.9 Å². The van der Waals surface area contributed by atoms with E-state index in [-0.39, 0.29) is 17.4 Å². The van der Waals surface area contributed by atoms with Crippen molar-refractivity contribution in [2.45, 2.75) is 31.8 Å². The van der Waals surface area contributed by atoms with Gasteiger partial charge in [0, 0.05) is 30.8 Å². The molecule has 0 radical (unpaired) electrons. The summed E-state index contributed by atoms with van der Waals surface area (Å²) in [5.41, 5.74) is 0.126. The number of hydrogen-bond donors (Lipinski definition) is 1. The Morgan fingerprint density at radius 3 is 2.89 bits per heavy atom. The monoisotopic (exact) mass is 267 g/mol. The fourth-order valence-corrected chi connectivity index (χ4v) is 2.38. The van der Waals surface area contributed by atoms with E-state index in [2.05, 4.69) is 24.2 Å². The molecule has 1 aromatic carbocycles. The predicted octanol–water partition coefficient (Wildman–Crippen LogP) is 2.63. The van der Waals surface area contributed by atoms with Crippen LogP contribution in [0.1, 0.15) is 19.8 Å². The van der Waals surface area contributed by atoms with Gasteiger partial charge in [-0.25, -0.2) is 4.39 Å². The second-order valence-corrected chi connectivity index (χ2v) is 5.12. The fraction of sp³-hybridized carbons (Fsp3) is 0.538. The highest BCUT2D eigenvalue weighted by atomic mass is 19.1. The van der Waals surface area contributed by atoms with Crippen LogP contribution in [-0.2, 0) is 0 Å². The van der Waals surface area contributed by atoms with E-state index in [1.807, 2.05) is 0 Å². The van der Waals surface area contributed by atoms with E-state index in [1.54, 1.807) is 0 Å². The van der Waals surface area contributed by atoms with Gasteiger partial charge in [0.1, 0.15) is 5.82 Å². The van der Waals surface area contributed by atoms with Crippen molar-refractivity contribution in [3.8, 4) is 0 Å². The highest BCUT2D eigenvalue weighted by molar-refractivity contribution is 5.52. The Morgan fingerprint density at radius 1 is 1.53 bits per heavy atom. The molecule has 2 rings (SSSR count). The summed E-state index contributed by atoms with van der Waals surface area (Å²) in [7, 11) is 2.06. The molecule has 19 heavy (non-hydrogen) atoms. The van der Waals surface area contributed by atoms with Crippen LogP contribution >= 0.6 is 0 Å². The minimum absolute atomic E-state index is 0.0927. The van der Waals surface area contributed by atoms with E-state index in [1.165, 1.54) is 12.1 Å². The van der Waals surface area contributed by atoms with Gasteiger partial charge in [-0.2, -0.15) is 0 Å². The molecule has 1 aliphatic heterocycles. The van der Waals surface area contributed by atoms with E-state index in [0.717, 1.165) is 25.5 Å². The summed E-state index contributed by atoms with van der Waals surface area (Å²) in [6, 6.07) is 4.16. The Morgan fingerprint density at radius 2 is 2.26 bits per heavy atom. The van der Waals surface area contributed by atoms with Crippen LogP contribution in [0.25, 0.3) is 0 Å². The molecule has 1 fully saturated rings. The molecule has 6 heteroatoms. The molecule has 2 unspecified atom stereocenters. The number of rotatable bonds is 3. The molecular formula is C13H18FN3O2. The minimum atomic E-state index is -0.512. The molecule has 0 saturated carbocycles. The van der Waals surface area contributed by atoms with Gasteiger partial charge in [-0.05, 0) is 32.9 Å². The molecule has 5 nitrogen and oxygen atoms in total. The molecule has 1 aromatic rings. The number of likely N-dealkylation sites (tertiary alicyclic amines) is 1. The topological polar surface area (TPSA) is 58.4 Å². The number of halogens is 1. The summed E-state index contributed by atoms with van der Waals surface area (Å²) in [4.78, 5) is 12.4. The Hall–Kier alpha value is -1.69. The maximum absolute atomic E-state index is 13.7. The number of nitro groups is 1. The van der Waals surface area contributed by atoms with Gasteiger partial charge in [-0.15, -0.1) is 0 Å². The Labute approximate surface area is 111 Å². The molecule has 0 bridgehead atoms. The number of hydrogen-bond acceptors (Lipinski definition) is 4. The van der Waals surface area contributed by atoms with Crippen molar-refractivity contribution in [2.24, 2.45) is 0 Å². The largest absolute Gasteiger partial charge is 0.380 e. The number of nitro benzene ring substituents is 1. The first kappa shape index (κ1) is 13.7. The van der Waals surface area contributed by atoms with E-state index < -0.39 is 10.7 Å². The second-order valence-electron chi connectivity index (χ2n) is 5.12. The fourth-order valence-electron chi connectivity index (χ4n) is 2.38. The first-order chi connectivity index (χ1) is 8.97. The van der Waals surface area contributed by atoms with Gasteiger partial charge in [-0.1, -0.05) is 0 Å². The van der Waals surface area contributed by atoms with Crippen molar-refractivity contribution >= 4 is 11.4 Å². The van der Waals surface area contributed by atoms with E-state index >= 15 is 0 Å². The lowest BCUT2D eigenvalue weighted by atomic mass is 9.98. The molecule has 0 aliphatic carbocycles. The van der Waals surface area contributed by atoms with Gasteiger partial charge < -0.3 is 10.2 Å². The minimum Gasteiger partial charge on any atom is -0.380 e. The van der Waals surface area contributed by atoms with Crippen LogP contribution in [-0.4, -0.2) is 35.5 Å². The van der Waals surface area contributed by atoms with Gasteiger partial charge in [0.05, 0.1) is 10.6 Å². The average molecular weight is 267 g/mol. The quantitative estimate of drug-likeness (QED) is 0.675. The molecule has 1 heterocycles. The van der Waals surface area contributed by atoms with Crippen molar-refractivity contribution in [3.05, 3.63) is 34.1 Å². The highest BCUT2D eigenvalue weighted by Gasteiger charge is 2.23. The van der Waals surface area contributed by atoms with Crippen LogP contribution in [0.5, 0.6) is 0 Å². The normalized spacial score (nSPS) is 24.2. The van der Waals surface area contributed by atoms with Gasteiger partial charge >= 0.3 is 0 Å². The number of anilines is 1. The molecule has 0 aromatic heterocycles. The molecular weight excluding hydrogens is 249 g/mol. The maximum Gasteiger partial charge on any atom is 0.271 e. The smallest absolute Gasteiger partial charge is 0.271 e. The summed E-state index contributed by atoms with van der Waals surface area (Å²) < 4.78 is 13.7. The lowest BCUT2D eigenvalue weighted by Crippen LogP contribution is -2.42. The van der Waals surface area contributed by atoms with Crippen LogP contribution in [0.2, 0.25) is 0 Å². The molecule has 1 saturated heterocycles. The number of non-ortho nitro benzene ring substituents is 1. The lowest BCUT2D eigenvalue weighted by molar-refractivity contribution is -0.384. The van der Waals surface area contributed by atoms with Gasteiger partial charge in [-0.3, -0.25) is 10.1 Å². The molecule has 104 valence electrons. The zero-order valence-electron chi connectivity index (χ0n) is 11.1. The van der Waals surface area contributed by atoms with Gasteiger partial charge in [0.25, 0.3) is 5.69 Å².